The van der Waals surface area contributed by atoms with Gasteiger partial charge in [-0.25, -0.2) is 4.79 Å². The molecule has 1 rings (SSSR count). The Labute approximate surface area is 222 Å². The molecule has 0 heterocycles. The zero-order valence-corrected chi connectivity index (χ0v) is 22.5. The van der Waals surface area contributed by atoms with Crippen LogP contribution in [0.5, 0.6) is 0 Å². The summed E-state index contributed by atoms with van der Waals surface area (Å²) < 4.78 is 10.1. The smallest absolute Gasteiger partial charge is 0.408 e. The van der Waals surface area contributed by atoms with Gasteiger partial charge in [-0.1, -0.05) is 29.8 Å². The third-order valence-electron chi connectivity index (χ3n) is 5.04. The number of nitrogens with one attached hydrogen (secondary N) is 2. The van der Waals surface area contributed by atoms with E-state index in [0.717, 1.165) is 10.5 Å². The highest BCUT2D eigenvalue weighted by Gasteiger charge is 2.36. The van der Waals surface area contributed by atoms with Crippen LogP contribution in [-0.4, -0.2) is 66.0 Å². The van der Waals surface area contributed by atoms with Gasteiger partial charge in [-0.15, -0.1) is 0 Å². The number of amides is 4. The van der Waals surface area contributed by atoms with Crippen LogP contribution >= 0.6 is 0 Å². The minimum Gasteiger partial charge on any atom is -0.466 e. The molecular formula is C26H37N5O7. The molecule has 0 spiro atoms. The molecule has 208 valence electrons. The third kappa shape index (κ3) is 11.3. The van der Waals surface area contributed by atoms with Crippen LogP contribution in [0.3, 0.4) is 0 Å². The van der Waals surface area contributed by atoms with E-state index in [1.165, 1.54) is 0 Å². The van der Waals surface area contributed by atoms with Gasteiger partial charge in [-0.2, -0.15) is 5.26 Å². The van der Waals surface area contributed by atoms with Gasteiger partial charge in [-0.05, 0) is 46.6 Å². The van der Waals surface area contributed by atoms with Crippen LogP contribution in [0.2, 0.25) is 0 Å². The van der Waals surface area contributed by atoms with Crippen molar-refractivity contribution in [2.45, 2.75) is 71.6 Å². The molecule has 12 heteroatoms. The first kappa shape index (κ1) is 31.9. The summed E-state index contributed by atoms with van der Waals surface area (Å²) in [5.74, 6) is -2.63. The quantitative estimate of drug-likeness (QED) is 0.253. The number of primary amides is 1. The number of carbonyl (C=O) groups excluding carboxylic acids is 5. The lowest BCUT2D eigenvalue weighted by Crippen LogP contribution is -2.53. The van der Waals surface area contributed by atoms with Crippen molar-refractivity contribution in [2.24, 2.45) is 5.73 Å². The van der Waals surface area contributed by atoms with Gasteiger partial charge in [-0.3, -0.25) is 19.2 Å². The standard InChI is InChI=1S/C26H37N5O7/c1-6-37-21(33)12-14-29-23(34)22(18-9-7-8-17(2)16-18)31(15-13-27)24(35)19(10-11-20(28)32)30-25(36)38-26(3,4)5/h7-9,16,19,22H,6,10-12,14-15H2,1-5H3,(H2,28,32)(H,29,34)(H,30,36). The summed E-state index contributed by atoms with van der Waals surface area (Å²) in [5, 5.41) is 14.6. The molecule has 0 saturated heterocycles. The average molecular weight is 532 g/mol. The molecule has 0 radical (unpaired) electrons. The normalized spacial score (nSPS) is 12.3. The van der Waals surface area contributed by atoms with Crippen LogP contribution in [0.1, 0.15) is 64.1 Å². The number of ether oxygens (including phenoxy) is 2. The van der Waals surface area contributed by atoms with Crippen molar-refractivity contribution in [3.63, 3.8) is 0 Å². The van der Waals surface area contributed by atoms with E-state index in [0.29, 0.717) is 5.56 Å². The zero-order chi connectivity index (χ0) is 28.9. The molecule has 2 atom stereocenters. The lowest BCUT2D eigenvalue weighted by atomic mass is 10.00. The van der Waals surface area contributed by atoms with E-state index in [1.54, 1.807) is 58.9 Å². The van der Waals surface area contributed by atoms with Gasteiger partial charge in [0.1, 0.15) is 24.2 Å². The molecule has 1 aromatic rings. The lowest BCUT2D eigenvalue weighted by molar-refractivity contribution is -0.144. The largest absolute Gasteiger partial charge is 0.466 e. The number of hydrogen-bond acceptors (Lipinski definition) is 8. The number of rotatable bonds is 13. The molecule has 1 aromatic carbocycles. The summed E-state index contributed by atoms with van der Waals surface area (Å²) in [7, 11) is 0. The number of benzene rings is 1. The summed E-state index contributed by atoms with van der Waals surface area (Å²) >= 11 is 0. The van der Waals surface area contributed by atoms with Gasteiger partial charge in [0.25, 0.3) is 0 Å². The Kier molecular flexibility index (Phi) is 12.7. The van der Waals surface area contributed by atoms with Crippen molar-refractivity contribution in [1.82, 2.24) is 15.5 Å². The Hall–Kier alpha value is -4.14. The predicted molar refractivity (Wildman–Crippen MR) is 137 cm³/mol. The van der Waals surface area contributed by atoms with Crippen molar-refractivity contribution < 1.29 is 33.4 Å². The van der Waals surface area contributed by atoms with Gasteiger partial charge in [0, 0.05) is 13.0 Å². The Morgan fingerprint density at radius 3 is 2.39 bits per heavy atom. The van der Waals surface area contributed by atoms with Crippen LogP contribution in [0, 0.1) is 18.3 Å². The van der Waals surface area contributed by atoms with E-state index in [1.807, 2.05) is 6.07 Å². The van der Waals surface area contributed by atoms with E-state index >= 15 is 0 Å². The molecule has 4 N–H and O–H groups in total. The lowest BCUT2D eigenvalue weighted by Gasteiger charge is -2.33. The molecule has 2 unspecified atom stereocenters. The molecule has 12 nitrogen and oxygen atoms in total. The second kappa shape index (κ2) is 15.2. The topological polar surface area (TPSA) is 181 Å². The predicted octanol–water partition coefficient (Wildman–Crippen LogP) is 1.62. The van der Waals surface area contributed by atoms with E-state index in [2.05, 4.69) is 10.6 Å². The Bertz CT molecular complexity index is 1050. The molecule has 0 fully saturated rings. The number of carbonyl (C=O) groups is 5. The molecule has 0 aliphatic rings. The summed E-state index contributed by atoms with van der Waals surface area (Å²) in [6.45, 7) is 8.02. The maximum Gasteiger partial charge on any atom is 0.408 e. The van der Waals surface area contributed by atoms with Gasteiger partial charge in [0.2, 0.25) is 17.7 Å². The minimum absolute atomic E-state index is 0.0597. The summed E-state index contributed by atoms with van der Waals surface area (Å²) in [4.78, 5) is 63.7. The second-order valence-corrected chi connectivity index (χ2v) is 9.49. The number of alkyl carbamates (subject to hydrolysis) is 1. The van der Waals surface area contributed by atoms with E-state index in [-0.39, 0.29) is 32.4 Å². The minimum atomic E-state index is -1.31. The number of nitrogens with two attached hydrogens (primary N) is 1. The molecule has 0 aliphatic carbocycles. The molecule has 0 bridgehead atoms. The fraction of sp³-hybridized carbons (Fsp3) is 0.538. The van der Waals surface area contributed by atoms with E-state index in [4.69, 9.17) is 15.2 Å². The molecule has 0 aliphatic heterocycles. The third-order valence-corrected chi connectivity index (χ3v) is 5.04. The second-order valence-electron chi connectivity index (χ2n) is 9.49. The fourth-order valence-electron chi connectivity index (χ4n) is 3.50. The highest BCUT2D eigenvalue weighted by molar-refractivity contribution is 5.92. The van der Waals surface area contributed by atoms with Gasteiger partial charge in [0.05, 0.1) is 19.1 Å². The van der Waals surface area contributed by atoms with Gasteiger partial charge >= 0.3 is 12.1 Å². The molecule has 4 amide bonds. The molecule has 38 heavy (non-hydrogen) atoms. The van der Waals surface area contributed by atoms with Crippen molar-refractivity contribution in [3.05, 3.63) is 35.4 Å². The fourth-order valence-corrected chi connectivity index (χ4v) is 3.50. The summed E-state index contributed by atoms with van der Waals surface area (Å²) in [5.41, 5.74) is 5.61. The first-order valence-corrected chi connectivity index (χ1v) is 12.2. The first-order chi connectivity index (χ1) is 17.8. The van der Waals surface area contributed by atoms with Gasteiger partial charge in [0.15, 0.2) is 0 Å². The Balaban J connectivity index is 3.37. The highest BCUT2D eigenvalue weighted by atomic mass is 16.6. The van der Waals surface area contributed by atoms with Crippen LogP contribution < -0.4 is 16.4 Å². The number of aryl methyl sites for hydroxylation is 1. The SMILES string of the molecule is CCOC(=O)CCNC(=O)C(c1cccc(C)c1)N(CC#N)C(=O)C(CCC(N)=O)NC(=O)OC(C)(C)C. The molecule has 0 aromatic heterocycles. The summed E-state index contributed by atoms with van der Waals surface area (Å²) in [6.07, 6.45) is -1.43. The number of esters is 1. The molecule has 0 saturated carbocycles. The van der Waals surface area contributed by atoms with Crippen LogP contribution in [-0.2, 0) is 28.7 Å². The van der Waals surface area contributed by atoms with E-state index < -0.39 is 54.0 Å². The monoisotopic (exact) mass is 531 g/mol. The Morgan fingerprint density at radius 1 is 1.16 bits per heavy atom. The van der Waals surface area contributed by atoms with Crippen LogP contribution in [0.25, 0.3) is 0 Å². The summed E-state index contributed by atoms with van der Waals surface area (Å²) in [6, 6.07) is 6.10. The van der Waals surface area contributed by atoms with Crippen LogP contribution in [0.4, 0.5) is 4.79 Å². The van der Waals surface area contributed by atoms with Crippen molar-refractivity contribution in [3.8, 4) is 6.07 Å². The van der Waals surface area contributed by atoms with Crippen molar-refractivity contribution in [1.29, 1.82) is 5.26 Å². The van der Waals surface area contributed by atoms with E-state index in [9.17, 15) is 29.2 Å². The number of hydrogen-bond donors (Lipinski definition) is 3. The Morgan fingerprint density at radius 2 is 1.84 bits per heavy atom. The van der Waals surface area contributed by atoms with Gasteiger partial charge < -0.3 is 30.7 Å². The average Bonchev–Trinajstić information content (AvgIpc) is 2.80. The first-order valence-electron chi connectivity index (χ1n) is 12.2. The zero-order valence-electron chi connectivity index (χ0n) is 22.5. The molecular weight excluding hydrogens is 494 g/mol. The highest BCUT2D eigenvalue weighted by Crippen LogP contribution is 2.24. The van der Waals surface area contributed by atoms with Crippen molar-refractivity contribution in [2.75, 3.05) is 19.7 Å². The van der Waals surface area contributed by atoms with Crippen molar-refractivity contribution >= 4 is 29.8 Å². The number of nitrogens with zero attached hydrogens (tertiary/aromatic N) is 2. The maximum atomic E-state index is 13.7. The number of nitriles is 1. The maximum absolute atomic E-state index is 13.7. The van der Waals surface area contributed by atoms with Crippen LogP contribution in [0.15, 0.2) is 24.3 Å².